The SMILES string of the molecule is CC(C)n1ccc(CC(F)C2CCCN2)n1. The number of hydrogen-bond donors (Lipinski definition) is 1. The summed E-state index contributed by atoms with van der Waals surface area (Å²) < 4.78 is 15.8. The van der Waals surface area contributed by atoms with Crippen LogP contribution in [0, 0.1) is 0 Å². The minimum atomic E-state index is -0.807. The van der Waals surface area contributed by atoms with E-state index in [2.05, 4.69) is 24.3 Å². The fraction of sp³-hybridized carbons (Fsp3) is 0.750. The summed E-state index contributed by atoms with van der Waals surface area (Å²) in [7, 11) is 0. The molecule has 0 radical (unpaired) electrons. The second-order valence-electron chi connectivity index (χ2n) is 4.80. The van der Waals surface area contributed by atoms with Crippen molar-refractivity contribution in [2.75, 3.05) is 6.54 Å². The molecule has 0 aliphatic carbocycles. The Kier molecular flexibility index (Phi) is 3.59. The van der Waals surface area contributed by atoms with E-state index in [-0.39, 0.29) is 6.04 Å². The molecule has 1 aromatic rings. The summed E-state index contributed by atoms with van der Waals surface area (Å²) in [5, 5.41) is 7.57. The molecule has 2 heterocycles. The molecular weight excluding hydrogens is 205 g/mol. The molecular formula is C12H20FN3. The number of nitrogens with one attached hydrogen (secondary N) is 1. The highest BCUT2D eigenvalue weighted by Gasteiger charge is 2.24. The zero-order valence-corrected chi connectivity index (χ0v) is 9.99. The Hall–Kier alpha value is -0.900. The highest BCUT2D eigenvalue weighted by atomic mass is 19.1. The van der Waals surface area contributed by atoms with Gasteiger partial charge < -0.3 is 5.32 Å². The highest BCUT2D eigenvalue weighted by Crippen LogP contribution is 2.16. The van der Waals surface area contributed by atoms with E-state index in [9.17, 15) is 4.39 Å². The minimum absolute atomic E-state index is 0.0317. The van der Waals surface area contributed by atoms with E-state index in [1.54, 1.807) is 0 Å². The van der Waals surface area contributed by atoms with Gasteiger partial charge in [-0.15, -0.1) is 0 Å². The normalized spacial score (nSPS) is 22.9. The van der Waals surface area contributed by atoms with Gasteiger partial charge in [0.25, 0.3) is 0 Å². The first-order valence-corrected chi connectivity index (χ1v) is 6.08. The lowest BCUT2D eigenvalue weighted by Gasteiger charge is -2.14. The van der Waals surface area contributed by atoms with Crippen LogP contribution in [0.15, 0.2) is 12.3 Å². The first-order valence-electron chi connectivity index (χ1n) is 6.08. The van der Waals surface area contributed by atoms with Crippen molar-refractivity contribution in [2.45, 2.75) is 51.4 Å². The first-order chi connectivity index (χ1) is 7.66. The summed E-state index contributed by atoms with van der Waals surface area (Å²) in [6.07, 6.45) is 3.59. The number of halogens is 1. The van der Waals surface area contributed by atoms with Crippen molar-refractivity contribution in [3.63, 3.8) is 0 Å². The summed E-state index contributed by atoms with van der Waals surface area (Å²) in [6, 6.07) is 2.29. The Morgan fingerprint density at radius 2 is 2.44 bits per heavy atom. The lowest BCUT2D eigenvalue weighted by Crippen LogP contribution is -2.33. The predicted octanol–water partition coefficient (Wildman–Crippen LogP) is 2.10. The van der Waals surface area contributed by atoms with Gasteiger partial charge in [0.1, 0.15) is 6.17 Å². The van der Waals surface area contributed by atoms with Gasteiger partial charge in [0.05, 0.1) is 5.69 Å². The van der Waals surface area contributed by atoms with Crippen LogP contribution in [0.1, 0.15) is 38.4 Å². The standard InChI is InChI=1S/C12H20FN3/c1-9(2)16-7-5-10(15-16)8-11(13)12-4-3-6-14-12/h5,7,9,11-12,14H,3-4,6,8H2,1-2H3. The number of alkyl halides is 1. The molecule has 1 N–H and O–H groups in total. The van der Waals surface area contributed by atoms with E-state index >= 15 is 0 Å². The number of rotatable bonds is 4. The van der Waals surface area contributed by atoms with E-state index < -0.39 is 6.17 Å². The van der Waals surface area contributed by atoms with Crippen LogP contribution in [0.3, 0.4) is 0 Å². The van der Waals surface area contributed by atoms with Gasteiger partial charge in [-0.25, -0.2) is 4.39 Å². The monoisotopic (exact) mass is 225 g/mol. The Balaban J connectivity index is 1.92. The molecule has 0 amide bonds. The van der Waals surface area contributed by atoms with Crippen LogP contribution in [0.25, 0.3) is 0 Å². The maximum absolute atomic E-state index is 13.9. The van der Waals surface area contributed by atoms with Crippen LogP contribution < -0.4 is 5.32 Å². The molecule has 0 bridgehead atoms. The van der Waals surface area contributed by atoms with Crippen LogP contribution in [0.5, 0.6) is 0 Å². The number of nitrogens with zero attached hydrogens (tertiary/aromatic N) is 2. The average Bonchev–Trinajstić information content (AvgIpc) is 2.87. The molecule has 1 aromatic heterocycles. The van der Waals surface area contributed by atoms with Crippen molar-refractivity contribution < 1.29 is 4.39 Å². The van der Waals surface area contributed by atoms with Gasteiger partial charge in [-0.1, -0.05) is 0 Å². The van der Waals surface area contributed by atoms with Crippen LogP contribution in [0.2, 0.25) is 0 Å². The molecule has 1 aliphatic heterocycles. The third-order valence-corrected chi connectivity index (χ3v) is 3.13. The summed E-state index contributed by atoms with van der Waals surface area (Å²) >= 11 is 0. The van der Waals surface area contributed by atoms with E-state index in [1.165, 1.54) is 0 Å². The van der Waals surface area contributed by atoms with E-state index in [0.717, 1.165) is 25.1 Å². The van der Waals surface area contributed by atoms with Crippen molar-refractivity contribution in [3.8, 4) is 0 Å². The molecule has 4 heteroatoms. The highest BCUT2D eigenvalue weighted by molar-refractivity contribution is 5.03. The smallest absolute Gasteiger partial charge is 0.121 e. The zero-order chi connectivity index (χ0) is 11.5. The molecule has 90 valence electrons. The fourth-order valence-corrected chi connectivity index (χ4v) is 2.14. The topological polar surface area (TPSA) is 29.9 Å². The second-order valence-corrected chi connectivity index (χ2v) is 4.80. The van der Waals surface area contributed by atoms with Crippen molar-refractivity contribution in [1.82, 2.24) is 15.1 Å². The van der Waals surface area contributed by atoms with Crippen molar-refractivity contribution in [3.05, 3.63) is 18.0 Å². The molecule has 1 fully saturated rings. The molecule has 16 heavy (non-hydrogen) atoms. The van der Waals surface area contributed by atoms with Gasteiger partial charge in [-0.05, 0) is 39.3 Å². The average molecular weight is 225 g/mol. The number of hydrogen-bond acceptors (Lipinski definition) is 2. The van der Waals surface area contributed by atoms with Gasteiger partial charge in [-0.3, -0.25) is 4.68 Å². The van der Waals surface area contributed by atoms with Crippen LogP contribution in [0.4, 0.5) is 4.39 Å². The molecule has 0 aromatic carbocycles. The van der Waals surface area contributed by atoms with Crippen LogP contribution in [-0.2, 0) is 6.42 Å². The molecule has 0 saturated carbocycles. The summed E-state index contributed by atoms with van der Waals surface area (Å²) in [5.74, 6) is 0. The van der Waals surface area contributed by atoms with Crippen LogP contribution >= 0.6 is 0 Å². The summed E-state index contributed by atoms with van der Waals surface area (Å²) in [4.78, 5) is 0. The van der Waals surface area contributed by atoms with Gasteiger partial charge in [-0.2, -0.15) is 5.10 Å². The molecule has 1 saturated heterocycles. The molecule has 2 atom stereocenters. The van der Waals surface area contributed by atoms with Crippen molar-refractivity contribution in [1.29, 1.82) is 0 Å². The maximum atomic E-state index is 13.9. The van der Waals surface area contributed by atoms with E-state index in [4.69, 9.17) is 0 Å². The molecule has 0 spiro atoms. The Morgan fingerprint density at radius 3 is 3.00 bits per heavy atom. The fourth-order valence-electron chi connectivity index (χ4n) is 2.14. The van der Waals surface area contributed by atoms with Gasteiger partial charge in [0.15, 0.2) is 0 Å². The minimum Gasteiger partial charge on any atom is -0.311 e. The van der Waals surface area contributed by atoms with Gasteiger partial charge in [0, 0.05) is 24.7 Å². The molecule has 3 nitrogen and oxygen atoms in total. The van der Waals surface area contributed by atoms with Crippen molar-refractivity contribution >= 4 is 0 Å². The van der Waals surface area contributed by atoms with E-state index in [1.807, 2.05) is 16.9 Å². The summed E-state index contributed by atoms with van der Waals surface area (Å²) in [5.41, 5.74) is 0.856. The zero-order valence-electron chi connectivity index (χ0n) is 9.99. The quantitative estimate of drug-likeness (QED) is 0.850. The number of aromatic nitrogens is 2. The van der Waals surface area contributed by atoms with Gasteiger partial charge in [0.2, 0.25) is 0 Å². The van der Waals surface area contributed by atoms with Gasteiger partial charge >= 0.3 is 0 Å². The first kappa shape index (κ1) is 11.6. The lowest BCUT2D eigenvalue weighted by atomic mass is 10.1. The van der Waals surface area contributed by atoms with Crippen LogP contribution in [-0.4, -0.2) is 28.5 Å². The third-order valence-electron chi connectivity index (χ3n) is 3.13. The maximum Gasteiger partial charge on any atom is 0.121 e. The second kappa shape index (κ2) is 4.95. The third kappa shape index (κ3) is 2.61. The largest absolute Gasteiger partial charge is 0.311 e. The molecule has 1 aliphatic rings. The molecule has 2 unspecified atom stereocenters. The summed E-state index contributed by atoms with van der Waals surface area (Å²) in [6.45, 7) is 5.09. The van der Waals surface area contributed by atoms with E-state index in [0.29, 0.717) is 12.5 Å². The Labute approximate surface area is 96.0 Å². The Morgan fingerprint density at radius 1 is 1.62 bits per heavy atom. The lowest BCUT2D eigenvalue weighted by molar-refractivity contribution is 0.261. The molecule has 2 rings (SSSR count). The predicted molar refractivity (Wildman–Crippen MR) is 62.2 cm³/mol. The Bertz CT molecular complexity index is 329. The van der Waals surface area contributed by atoms with Crippen molar-refractivity contribution in [2.24, 2.45) is 0 Å².